The Kier molecular flexibility index (Phi) is 5.77. The van der Waals surface area contributed by atoms with Gasteiger partial charge in [-0.25, -0.2) is 9.37 Å². The predicted molar refractivity (Wildman–Crippen MR) is 94.5 cm³/mol. The SMILES string of the molecule is CC(O)CNC(=O)c1ccc(OCc2conc2-c2ccc(F)cc2)nc1. The largest absolute Gasteiger partial charge is 0.473 e. The number of aromatic nitrogens is 2. The second-order valence-corrected chi connectivity index (χ2v) is 5.93. The van der Waals surface area contributed by atoms with Crippen molar-refractivity contribution in [3.05, 3.63) is 65.8 Å². The van der Waals surface area contributed by atoms with Gasteiger partial charge < -0.3 is 19.7 Å². The molecule has 8 heteroatoms. The molecule has 3 rings (SSSR count). The average Bonchev–Trinajstić information content (AvgIpc) is 3.14. The van der Waals surface area contributed by atoms with Crippen molar-refractivity contribution < 1.29 is 23.6 Å². The van der Waals surface area contributed by atoms with E-state index in [0.29, 0.717) is 28.3 Å². The first kappa shape index (κ1) is 18.5. The molecule has 1 aromatic carbocycles. The molecule has 0 saturated carbocycles. The highest BCUT2D eigenvalue weighted by Gasteiger charge is 2.12. The van der Waals surface area contributed by atoms with Gasteiger partial charge in [-0.1, -0.05) is 5.16 Å². The first-order valence-electron chi connectivity index (χ1n) is 8.27. The molecule has 3 aromatic rings. The second kappa shape index (κ2) is 8.41. The molecule has 2 aromatic heterocycles. The Hall–Kier alpha value is -3.26. The number of ether oxygens (including phenoxy) is 1. The van der Waals surface area contributed by atoms with Gasteiger partial charge in [0.2, 0.25) is 5.88 Å². The number of hydrogen-bond donors (Lipinski definition) is 2. The van der Waals surface area contributed by atoms with Crippen LogP contribution in [0.15, 0.2) is 53.4 Å². The number of halogens is 1. The Labute approximate surface area is 154 Å². The minimum atomic E-state index is -0.622. The highest BCUT2D eigenvalue weighted by atomic mass is 19.1. The lowest BCUT2D eigenvalue weighted by Crippen LogP contribution is -2.30. The van der Waals surface area contributed by atoms with Crippen LogP contribution >= 0.6 is 0 Å². The van der Waals surface area contributed by atoms with E-state index in [0.717, 1.165) is 0 Å². The van der Waals surface area contributed by atoms with Crippen LogP contribution in [-0.4, -0.2) is 33.8 Å². The topological polar surface area (TPSA) is 97.5 Å². The van der Waals surface area contributed by atoms with E-state index in [-0.39, 0.29) is 24.9 Å². The van der Waals surface area contributed by atoms with Crippen molar-refractivity contribution in [1.82, 2.24) is 15.5 Å². The third-order valence-electron chi connectivity index (χ3n) is 3.69. The lowest BCUT2D eigenvalue weighted by Gasteiger charge is -2.08. The molecule has 0 spiro atoms. The van der Waals surface area contributed by atoms with Gasteiger partial charge >= 0.3 is 0 Å². The van der Waals surface area contributed by atoms with Crippen LogP contribution in [0.3, 0.4) is 0 Å². The standard InChI is InChI=1S/C19H18FN3O4/c1-12(24)8-22-19(25)14-4-7-17(21-9-14)26-10-15-11-27-23-18(15)13-2-5-16(20)6-3-13/h2-7,9,11-12,24H,8,10H2,1H3,(H,22,25). The fourth-order valence-corrected chi connectivity index (χ4v) is 2.30. The lowest BCUT2D eigenvalue weighted by atomic mass is 10.1. The van der Waals surface area contributed by atoms with Crippen LogP contribution < -0.4 is 10.1 Å². The summed E-state index contributed by atoms with van der Waals surface area (Å²) >= 11 is 0. The third kappa shape index (κ3) is 4.89. The van der Waals surface area contributed by atoms with Crippen molar-refractivity contribution in [1.29, 1.82) is 0 Å². The molecule has 0 fully saturated rings. The van der Waals surface area contributed by atoms with Crippen molar-refractivity contribution in [2.24, 2.45) is 0 Å². The lowest BCUT2D eigenvalue weighted by molar-refractivity contribution is 0.0923. The summed E-state index contributed by atoms with van der Waals surface area (Å²) in [6.07, 6.45) is 2.22. The van der Waals surface area contributed by atoms with Crippen LogP contribution in [0.25, 0.3) is 11.3 Å². The van der Waals surface area contributed by atoms with Gasteiger partial charge in [-0.3, -0.25) is 4.79 Å². The summed E-state index contributed by atoms with van der Waals surface area (Å²) in [5, 5.41) is 15.7. The molecule has 0 aliphatic rings. The van der Waals surface area contributed by atoms with E-state index in [9.17, 15) is 14.3 Å². The van der Waals surface area contributed by atoms with Gasteiger partial charge in [-0.05, 0) is 37.3 Å². The Morgan fingerprint density at radius 1 is 1.30 bits per heavy atom. The minimum Gasteiger partial charge on any atom is -0.473 e. The van der Waals surface area contributed by atoms with Gasteiger partial charge in [0.15, 0.2) is 0 Å². The molecule has 140 valence electrons. The van der Waals surface area contributed by atoms with Crippen molar-refractivity contribution in [2.75, 3.05) is 6.54 Å². The zero-order valence-electron chi connectivity index (χ0n) is 14.6. The van der Waals surface area contributed by atoms with Gasteiger partial charge in [0.25, 0.3) is 5.91 Å². The quantitative estimate of drug-likeness (QED) is 0.662. The summed E-state index contributed by atoms with van der Waals surface area (Å²) in [4.78, 5) is 16.0. The Balaban J connectivity index is 1.62. The highest BCUT2D eigenvalue weighted by molar-refractivity contribution is 5.93. The molecule has 0 radical (unpaired) electrons. The van der Waals surface area contributed by atoms with Crippen LogP contribution in [-0.2, 0) is 6.61 Å². The molecule has 2 N–H and O–H groups in total. The van der Waals surface area contributed by atoms with E-state index in [2.05, 4.69) is 15.5 Å². The number of carbonyl (C=O) groups is 1. The van der Waals surface area contributed by atoms with E-state index >= 15 is 0 Å². The zero-order valence-corrected chi connectivity index (χ0v) is 14.6. The number of aliphatic hydroxyl groups excluding tert-OH is 1. The van der Waals surface area contributed by atoms with Crippen molar-refractivity contribution >= 4 is 5.91 Å². The molecule has 1 unspecified atom stereocenters. The van der Waals surface area contributed by atoms with Crippen LogP contribution in [0.4, 0.5) is 4.39 Å². The summed E-state index contributed by atoms with van der Waals surface area (Å²) < 4.78 is 23.7. The van der Waals surface area contributed by atoms with E-state index in [1.807, 2.05) is 0 Å². The molecular formula is C19H18FN3O4. The van der Waals surface area contributed by atoms with Gasteiger partial charge in [0.1, 0.15) is 24.4 Å². The minimum absolute atomic E-state index is 0.150. The zero-order chi connectivity index (χ0) is 19.2. The summed E-state index contributed by atoms with van der Waals surface area (Å²) in [5.41, 5.74) is 2.31. The van der Waals surface area contributed by atoms with Crippen molar-refractivity contribution in [3.63, 3.8) is 0 Å². The van der Waals surface area contributed by atoms with Crippen LogP contribution in [0.2, 0.25) is 0 Å². The number of amides is 1. The summed E-state index contributed by atoms with van der Waals surface area (Å²) in [6, 6.07) is 9.05. The average molecular weight is 371 g/mol. The maximum absolute atomic E-state index is 13.1. The van der Waals surface area contributed by atoms with E-state index < -0.39 is 6.10 Å². The molecular weight excluding hydrogens is 353 g/mol. The monoisotopic (exact) mass is 371 g/mol. The molecule has 0 aliphatic carbocycles. The number of nitrogens with zero attached hydrogens (tertiary/aromatic N) is 2. The Morgan fingerprint density at radius 2 is 2.07 bits per heavy atom. The Bertz CT molecular complexity index is 892. The first-order valence-corrected chi connectivity index (χ1v) is 8.27. The van der Waals surface area contributed by atoms with E-state index in [1.165, 1.54) is 24.6 Å². The van der Waals surface area contributed by atoms with Gasteiger partial charge in [0.05, 0.1) is 17.2 Å². The van der Waals surface area contributed by atoms with Gasteiger partial charge in [-0.2, -0.15) is 0 Å². The maximum atomic E-state index is 13.1. The normalized spacial score (nSPS) is 11.8. The van der Waals surface area contributed by atoms with Crippen LogP contribution in [0.5, 0.6) is 5.88 Å². The molecule has 0 bridgehead atoms. The Morgan fingerprint density at radius 3 is 2.74 bits per heavy atom. The predicted octanol–water partition coefficient (Wildman–Crippen LogP) is 2.57. The molecule has 1 amide bonds. The fourth-order valence-electron chi connectivity index (χ4n) is 2.30. The molecule has 0 aliphatic heterocycles. The van der Waals surface area contributed by atoms with E-state index in [1.54, 1.807) is 31.2 Å². The third-order valence-corrected chi connectivity index (χ3v) is 3.69. The number of rotatable bonds is 7. The molecule has 1 atom stereocenters. The van der Waals surface area contributed by atoms with E-state index in [4.69, 9.17) is 9.26 Å². The number of benzene rings is 1. The van der Waals surface area contributed by atoms with Crippen LogP contribution in [0.1, 0.15) is 22.8 Å². The number of pyridine rings is 1. The fraction of sp³-hybridized carbons (Fsp3) is 0.211. The number of aliphatic hydroxyl groups is 1. The summed E-state index contributed by atoms with van der Waals surface area (Å²) in [7, 11) is 0. The molecule has 2 heterocycles. The van der Waals surface area contributed by atoms with Crippen LogP contribution in [0, 0.1) is 5.82 Å². The number of nitrogens with one attached hydrogen (secondary N) is 1. The first-order chi connectivity index (χ1) is 13.0. The highest BCUT2D eigenvalue weighted by Crippen LogP contribution is 2.23. The summed E-state index contributed by atoms with van der Waals surface area (Å²) in [6.45, 7) is 1.90. The van der Waals surface area contributed by atoms with Crippen molar-refractivity contribution in [2.45, 2.75) is 19.6 Å². The number of hydrogen-bond acceptors (Lipinski definition) is 6. The molecule has 7 nitrogen and oxygen atoms in total. The van der Waals surface area contributed by atoms with Crippen molar-refractivity contribution in [3.8, 4) is 17.1 Å². The number of carbonyl (C=O) groups excluding carboxylic acids is 1. The van der Waals surface area contributed by atoms with Gasteiger partial charge in [0, 0.05) is 24.4 Å². The maximum Gasteiger partial charge on any atom is 0.252 e. The van der Waals surface area contributed by atoms with Gasteiger partial charge in [-0.15, -0.1) is 0 Å². The second-order valence-electron chi connectivity index (χ2n) is 5.93. The summed E-state index contributed by atoms with van der Waals surface area (Å²) in [5.74, 6) is -0.331. The molecule has 27 heavy (non-hydrogen) atoms. The molecule has 0 saturated heterocycles. The smallest absolute Gasteiger partial charge is 0.252 e.